The van der Waals surface area contributed by atoms with E-state index in [0.29, 0.717) is 6.10 Å². The standard InChI is InChI=1S/C8H17NO2/c1-7(10)5-9-4-3-8(6-9)11-2/h7-8,10H,3-6H2,1-2H3/t7-,8?/m0/s1. The molecule has 1 heterocycles. The van der Waals surface area contributed by atoms with Crippen molar-refractivity contribution in [3.8, 4) is 0 Å². The molecule has 0 aliphatic carbocycles. The van der Waals surface area contributed by atoms with Gasteiger partial charge in [-0.05, 0) is 13.3 Å². The van der Waals surface area contributed by atoms with E-state index in [-0.39, 0.29) is 6.10 Å². The van der Waals surface area contributed by atoms with Crippen LogP contribution in [0.4, 0.5) is 0 Å². The summed E-state index contributed by atoms with van der Waals surface area (Å²) in [5, 5.41) is 9.09. The zero-order valence-corrected chi connectivity index (χ0v) is 7.29. The molecular formula is C8H17NO2. The van der Waals surface area contributed by atoms with Crippen molar-refractivity contribution in [3.63, 3.8) is 0 Å². The van der Waals surface area contributed by atoms with Gasteiger partial charge in [-0.3, -0.25) is 4.90 Å². The van der Waals surface area contributed by atoms with E-state index in [1.807, 2.05) is 6.92 Å². The molecule has 0 aromatic carbocycles. The maximum atomic E-state index is 9.09. The molecule has 66 valence electrons. The summed E-state index contributed by atoms with van der Waals surface area (Å²) >= 11 is 0. The van der Waals surface area contributed by atoms with Crippen LogP contribution in [0.2, 0.25) is 0 Å². The summed E-state index contributed by atoms with van der Waals surface area (Å²) in [4.78, 5) is 2.23. The lowest BCUT2D eigenvalue weighted by atomic mass is 10.3. The Morgan fingerprint density at radius 2 is 2.45 bits per heavy atom. The Morgan fingerprint density at radius 3 is 2.91 bits per heavy atom. The van der Waals surface area contributed by atoms with E-state index in [1.165, 1.54) is 0 Å². The fourth-order valence-corrected chi connectivity index (χ4v) is 1.53. The van der Waals surface area contributed by atoms with Gasteiger partial charge in [0.2, 0.25) is 0 Å². The molecule has 0 aromatic rings. The molecule has 0 saturated carbocycles. The van der Waals surface area contributed by atoms with Gasteiger partial charge < -0.3 is 9.84 Å². The first-order valence-corrected chi connectivity index (χ1v) is 4.15. The number of ether oxygens (including phenoxy) is 1. The van der Waals surface area contributed by atoms with E-state index in [1.54, 1.807) is 7.11 Å². The monoisotopic (exact) mass is 159 g/mol. The highest BCUT2D eigenvalue weighted by molar-refractivity contribution is 4.76. The molecule has 2 atom stereocenters. The summed E-state index contributed by atoms with van der Waals surface area (Å²) in [6.45, 7) is 4.63. The van der Waals surface area contributed by atoms with Crippen molar-refractivity contribution >= 4 is 0 Å². The molecule has 3 nitrogen and oxygen atoms in total. The summed E-state index contributed by atoms with van der Waals surface area (Å²) in [7, 11) is 1.75. The highest BCUT2D eigenvalue weighted by Gasteiger charge is 2.22. The summed E-state index contributed by atoms with van der Waals surface area (Å²) < 4.78 is 5.20. The summed E-state index contributed by atoms with van der Waals surface area (Å²) in [6.07, 6.45) is 1.27. The Labute approximate surface area is 68.0 Å². The largest absolute Gasteiger partial charge is 0.392 e. The molecule has 1 N–H and O–H groups in total. The highest BCUT2D eigenvalue weighted by atomic mass is 16.5. The minimum absolute atomic E-state index is 0.217. The normalized spacial score (nSPS) is 29.2. The number of hydrogen-bond donors (Lipinski definition) is 1. The number of likely N-dealkylation sites (tertiary alicyclic amines) is 1. The molecule has 0 amide bonds. The van der Waals surface area contributed by atoms with Crippen molar-refractivity contribution in [2.75, 3.05) is 26.7 Å². The summed E-state index contributed by atoms with van der Waals surface area (Å²) in [5.41, 5.74) is 0. The number of hydrogen-bond acceptors (Lipinski definition) is 3. The van der Waals surface area contributed by atoms with Crippen LogP contribution in [0, 0.1) is 0 Å². The molecule has 11 heavy (non-hydrogen) atoms. The topological polar surface area (TPSA) is 32.7 Å². The average Bonchev–Trinajstić information content (AvgIpc) is 2.34. The van der Waals surface area contributed by atoms with Crippen molar-refractivity contribution in [2.24, 2.45) is 0 Å². The van der Waals surface area contributed by atoms with E-state index in [9.17, 15) is 0 Å². The van der Waals surface area contributed by atoms with Crippen LogP contribution in [-0.2, 0) is 4.74 Å². The van der Waals surface area contributed by atoms with Gasteiger partial charge in [0.05, 0.1) is 12.2 Å². The van der Waals surface area contributed by atoms with Crippen molar-refractivity contribution in [2.45, 2.75) is 25.6 Å². The third-order valence-electron chi connectivity index (χ3n) is 2.08. The lowest BCUT2D eigenvalue weighted by molar-refractivity contribution is 0.0945. The molecule has 1 aliphatic heterocycles. The molecule has 1 rings (SSSR count). The molecule has 1 unspecified atom stereocenters. The fourth-order valence-electron chi connectivity index (χ4n) is 1.53. The SMILES string of the molecule is COC1CCN(C[C@H](C)O)C1. The average molecular weight is 159 g/mol. The van der Waals surface area contributed by atoms with E-state index >= 15 is 0 Å². The Hall–Kier alpha value is -0.120. The van der Waals surface area contributed by atoms with Crippen molar-refractivity contribution in [1.29, 1.82) is 0 Å². The zero-order valence-electron chi connectivity index (χ0n) is 7.29. The van der Waals surface area contributed by atoms with Crippen LogP contribution in [0.5, 0.6) is 0 Å². The van der Waals surface area contributed by atoms with Gasteiger partial charge in [-0.25, -0.2) is 0 Å². The molecule has 1 saturated heterocycles. The second-order valence-corrected chi connectivity index (χ2v) is 3.25. The van der Waals surface area contributed by atoms with Gasteiger partial charge in [0.1, 0.15) is 0 Å². The number of rotatable bonds is 3. The maximum absolute atomic E-state index is 9.09. The van der Waals surface area contributed by atoms with Crippen molar-refractivity contribution in [3.05, 3.63) is 0 Å². The van der Waals surface area contributed by atoms with Crippen molar-refractivity contribution < 1.29 is 9.84 Å². The molecule has 3 heteroatoms. The van der Waals surface area contributed by atoms with Gasteiger partial charge in [0.25, 0.3) is 0 Å². The second kappa shape index (κ2) is 4.04. The molecule has 0 aromatic heterocycles. The molecule has 0 bridgehead atoms. The van der Waals surface area contributed by atoms with Gasteiger partial charge >= 0.3 is 0 Å². The van der Waals surface area contributed by atoms with Crippen LogP contribution >= 0.6 is 0 Å². The quantitative estimate of drug-likeness (QED) is 0.633. The maximum Gasteiger partial charge on any atom is 0.0710 e. The predicted molar refractivity (Wildman–Crippen MR) is 43.5 cm³/mol. The van der Waals surface area contributed by atoms with E-state index in [2.05, 4.69) is 4.90 Å². The lowest BCUT2D eigenvalue weighted by Gasteiger charge is -2.16. The third-order valence-corrected chi connectivity index (χ3v) is 2.08. The molecular weight excluding hydrogens is 142 g/mol. The first-order valence-electron chi connectivity index (χ1n) is 4.15. The van der Waals surface area contributed by atoms with Crippen LogP contribution in [0.25, 0.3) is 0 Å². The van der Waals surface area contributed by atoms with Gasteiger partial charge in [-0.2, -0.15) is 0 Å². The zero-order chi connectivity index (χ0) is 8.27. The van der Waals surface area contributed by atoms with Crippen LogP contribution in [-0.4, -0.2) is 49.0 Å². The Kier molecular flexibility index (Phi) is 3.30. The van der Waals surface area contributed by atoms with Crippen LogP contribution in [0.3, 0.4) is 0 Å². The second-order valence-electron chi connectivity index (χ2n) is 3.25. The van der Waals surface area contributed by atoms with Gasteiger partial charge in [0, 0.05) is 26.7 Å². The number of β-amino-alcohol motifs (C(OH)–C–C–N with tert-alkyl or cyclic N) is 1. The smallest absolute Gasteiger partial charge is 0.0710 e. The van der Waals surface area contributed by atoms with Gasteiger partial charge in [0.15, 0.2) is 0 Å². The minimum Gasteiger partial charge on any atom is -0.392 e. The van der Waals surface area contributed by atoms with Crippen LogP contribution < -0.4 is 0 Å². The molecule has 1 aliphatic rings. The van der Waals surface area contributed by atoms with Gasteiger partial charge in [-0.15, -0.1) is 0 Å². The van der Waals surface area contributed by atoms with Crippen LogP contribution in [0.15, 0.2) is 0 Å². The Balaban J connectivity index is 2.19. The first-order chi connectivity index (χ1) is 5.22. The number of nitrogens with zero attached hydrogens (tertiary/aromatic N) is 1. The Morgan fingerprint density at radius 1 is 1.73 bits per heavy atom. The number of methoxy groups -OCH3 is 1. The lowest BCUT2D eigenvalue weighted by Crippen LogP contribution is -2.29. The number of aliphatic hydroxyl groups is 1. The number of aliphatic hydroxyl groups excluding tert-OH is 1. The summed E-state index contributed by atoms with van der Waals surface area (Å²) in [5.74, 6) is 0. The first kappa shape index (κ1) is 8.97. The summed E-state index contributed by atoms with van der Waals surface area (Å²) in [6, 6.07) is 0. The fraction of sp³-hybridized carbons (Fsp3) is 1.00. The minimum atomic E-state index is -0.217. The Bertz CT molecular complexity index is 117. The van der Waals surface area contributed by atoms with E-state index in [0.717, 1.165) is 26.1 Å². The van der Waals surface area contributed by atoms with E-state index in [4.69, 9.17) is 9.84 Å². The molecule has 0 spiro atoms. The van der Waals surface area contributed by atoms with Gasteiger partial charge in [-0.1, -0.05) is 0 Å². The van der Waals surface area contributed by atoms with Crippen LogP contribution in [0.1, 0.15) is 13.3 Å². The van der Waals surface area contributed by atoms with E-state index < -0.39 is 0 Å². The van der Waals surface area contributed by atoms with Crippen molar-refractivity contribution in [1.82, 2.24) is 4.90 Å². The molecule has 1 fully saturated rings. The molecule has 0 radical (unpaired) electrons. The predicted octanol–water partition coefficient (Wildman–Crippen LogP) is 0.0879. The third kappa shape index (κ3) is 2.77. The highest BCUT2D eigenvalue weighted by Crippen LogP contribution is 2.11.